The van der Waals surface area contributed by atoms with Crippen molar-refractivity contribution in [3.63, 3.8) is 0 Å². The minimum atomic E-state index is 0.213. The van der Waals surface area contributed by atoms with Gasteiger partial charge in [0.05, 0.1) is 5.69 Å². The molecule has 1 aromatic rings. The molecule has 0 N–H and O–H groups in total. The van der Waals surface area contributed by atoms with Crippen molar-refractivity contribution >= 4 is 11.5 Å². The van der Waals surface area contributed by atoms with Crippen LogP contribution in [0.1, 0.15) is 20.3 Å². The second-order valence-electron chi connectivity index (χ2n) is 4.83. The summed E-state index contributed by atoms with van der Waals surface area (Å²) in [6, 6.07) is 10.2. The van der Waals surface area contributed by atoms with Gasteiger partial charge in [-0.25, -0.2) is 4.99 Å². The van der Waals surface area contributed by atoms with Gasteiger partial charge in [0.15, 0.2) is 0 Å². The highest BCUT2D eigenvalue weighted by Crippen LogP contribution is 2.32. The van der Waals surface area contributed by atoms with Gasteiger partial charge in [-0.05, 0) is 18.6 Å². The largest absolute Gasteiger partial charge is 0.363 e. The number of nitrogens with zero attached hydrogens (tertiary/aromatic N) is 2. The molecule has 0 aliphatic carbocycles. The van der Waals surface area contributed by atoms with Crippen molar-refractivity contribution in [3.8, 4) is 0 Å². The molecule has 0 aromatic heterocycles. The first kappa shape index (κ1) is 10.2. The lowest BCUT2D eigenvalue weighted by Gasteiger charge is -2.21. The van der Waals surface area contributed by atoms with Crippen LogP contribution in [0.4, 0.5) is 5.69 Å². The summed E-state index contributed by atoms with van der Waals surface area (Å²) >= 11 is 0. The Hall–Kier alpha value is -1.31. The number of amidine groups is 1. The zero-order chi connectivity index (χ0) is 10.9. The van der Waals surface area contributed by atoms with Gasteiger partial charge in [-0.2, -0.15) is 0 Å². The van der Waals surface area contributed by atoms with E-state index in [-0.39, 0.29) is 5.41 Å². The lowest BCUT2D eigenvalue weighted by molar-refractivity contribution is 0.511. The maximum Gasteiger partial charge on any atom is 0.110 e. The Morgan fingerprint density at radius 2 is 1.87 bits per heavy atom. The Bertz CT molecular complexity index is 365. The Morgan fingerprint density at radius 3 is 2.40 bits per heavy atom. The van der Waals surface area contributed by atoms with Crippen molar-refractivity contribution in [2.75, 3.05) is 13.6 Å². The average Bonchev–Trinajstić information content (AvgIpc) is 2.47. The van der Waals surface area contributed by atoms with E-state index in [1.807, 2.05) is 18.2 Å². The summed E-state index contributed by atoms with van der Waals surface area (Å²) in [5, 5.41) is 0. The van der Waals surface area contributed by atoms with E-state index in [1.54, 1.807) is 0 Å². The first-order chi connectivity index (χ1) is 7.09. The molecule has 0 bridgehead atoms. The predicted octanol–water partition coefficient (Wildman–Crippen LogP) is 3.08. The Morgan fingerprint density at radius 1 is 1.20 bits per heavy atom. The fraction of sp³-hybridized carbons (Fsp3) is 0.462. The minimum Gasteiger partial charge on any atom is -0.363 e. The molecular formula is C13H18N2. The van der Waals surface area contributed by atoms with E-state index in [4.69, 9.17) is 4.99 Å². The predicted molar refractivity (Wildman–Crippen MR) is 64.6 cm³/mol. The van der Waals surface area contributed by atoms with Crippen LogP contribution in [0.25, 0.3) is 0 Å². The Balaban J connectivity index is 2.33. The molecule has 15 heavy (non-hydrogen) atoms. The molecule has 1 aliphatic rings. The normalized spacial score (nSPS) is 22.3. The first-order valence-electron chi connectivity index (χ1n) is 5.45. The van der Waals surface area contributed by atoms with Crippen molar-refractivity contribution in [2.24, 2.45) is 10.4 Å². The van der Waals surface area contributed by atoms with E-state index in [1.165, 1.54) is 12.3 Å². The summed E-state index contributed by atoms with van der Waals surface area (Å²) in [5.41, 5.74) is 1.26. The highest BCUT2D eigenvalue weighted by Gasteiger charge is 2.34. The van der Waals surface area contributed by atoms with Gasteiger partial charge in [0, 0.05) is 19.0 Å². The van der Waals surface area contributed by atoms with E-state index in [0.717, 1.165) is 12.2 Å². The zero-order valence-corrected chi connectivity index (χ0v) is 9.70. The fourth-order valence-corrected chi connectivity index (χ4v) is 2.04. The van der Waals surface area contributed by atoms with Gasteiger partial charge in [-0.15, -0.1) is 0 Å². The highest BCUT2D eigenvalue weighted by molar-refractivity contribution is 5.91. The van der Waals surface area contributed by atoms with Crippen LogP contribution in [0.15, 0.2) is 35.3 Å². The van der Waals surface area contributed by atoms with Gasteiger partial charge in [-0.3, -0.25) is 0 Å². The van der Waals surface area contributed by atoms with E-state index in [2.05, 4.69) is 37.9 Å². The monoisotopic (exact) mass is 202 g/mol. The lowest BCUT2D eigenvalue weighted by Crippen LogP contribution is -2.27. The zero-order valence-electron chi connectivity index (χ0n) is 9.70. The first-order valence-corrected chi connectivity index (χ1v) is 5.45. The Labute approximate surface area is 91.6 Å². The molecule has 0 saturated carbocycles. The van der Waals surface area contributed by atoms with Crippen LogP contribution in [0.2, 0.25) is 0 Å². The van der Waals surface area contributed by atoms with Crippen LogP contribution in [0.5, 0.6) is 0 Å². The molecule has 0 radical (unpaired) electrons. The number of likely N-dealkylation sites (tertiary alicyclic amines) is 1. The maximum atomic E-state index is 4.73. The molecule has 1 heterocycles. The molecule has 2 heteroatoms. The summed E-state index contributed by atoms with van der Waals surface area (Å²) in [6.45, 7) is 5.63. The van der Waals surface area contributed by atoms with Crippen LogP contribution in [0.3, 0.4) is 0 Å². The summed E-state index contributed by atoms with van der Waals surface area (Å²) in [7, 11) is 2.12. The third-order valence-electron chi connectivity index (χ3n) is 3.03. The van der Waals surface area contributed by atoms with E-state index in [0.29, 0.717) is 0 Å². The van der Waals surface area contributed by atoms with Crippen LogP contribution < -0.4 is 0 Å². The summed E-state index contributed by atoms with van der Waals surface area (Å²) in [6.07, 6.45) is 1.19. The van der Waals surface area contributed by atoms with Crippen molar-refractivity contribution in [2.45, 2.75) is 20.3 Å². The molecule has 1 aliphatic heterocycles. The molecule has 0 unspecified atom stereocenters. The van der Waals surface area contributed by atoms with Gasteiger partial charge >= 0.3 is 0 Å². The molecule has 0 atom stereocenters. The second-order valence-corrected chi connectivity index (χ2v) is 4.83. The average molecular weight is 202 g/mol. The molecular weight excluding hydrogens is 184 g/mol. The van der Waals surface area contributed by atoms with E-state index < -0.39 is 0 Å². The van der Waals surface area contributed by atoms with Gasteiger partial charge in [0.1, 0.15) is 5.84 Å². The van der Waals surface area contributed by atoms with E-state index >= 15 is 0 Å². The quantitative estimate of drug-likeness (QED) is 0.683. The highest BCUT2D eigenvalue weighted by atomic mass is 15.2. The SMILES string of the molecule is CN1CCC(C)(C)C1=Nc1ccccc1. The second kappa shape index (κ2) is 3.69. The van der Waals surface area contributed by atoms with Crippen molar-refractivity contribution in [1.82, 2.24) is 4.90 Å². The maximum absolute atomic E-state index is 4.73. The van der Waals surface area contributed by atoms with Gasteiger partial charge in [-0.1, -0.05) is 32.0 Å². The van der Waals surface area contributed by atoms with Crippen molar-refractivity contribution < 1.29 is 0 Å². The summed E-state index contributed by atoms with van der Waals surface area (Å²) < 4.78 is 0. The molecule has 2 rings (SSSR count). The standard InChI is InChI=1S/C13H18N2/c1-13(2)9-10-15(3)12(13)14-11-7-5-4-6-8-11/h4-8H,9-10H2,1-3H3. The molecule has 0 spiro atoms. The van der Waals surface area contributed by atoms with Gasteiger partial charge in [0.25, 0.3) is 0 Å². The van der Waals surface area contributed by atoms with Crippen molar-refractivity contribution in [3.05, 3.63) is 30.3 Å². The summed E-state index contributed by atoms with van der Waals surface area (Å²) in [4.78, 5) is 6.99. The lowest BCUT2D eigenvalue weighted by atomic mass is 9.91. The fourth-order valence-electron chi connectivity index (χ4n) is 2.04. The minimum absolute atomic E-state index is 0.213. The number of hydrogen-bond acceptors (Lipinski definition) is 1. The molecule has 2 nitrogen and oxygen atoms in total. The van der Waals surface area contributed by atoms with Crippen LogP contribution in [-0.2, 0) is 0 Å². The third kappa shape index (κ3) is 2.04. The van der Waals surface area contributed by atoms with Crippen LogP contribution in [-0.4, -0.2) is 24.3 Å². The topological polar surface area (TPSA) is 15.6 Å². The molecule has 0 amide bonds. The molecule has 1 aromatic carbocycles. The number of rotatable bonds is 1. The Kier molecular flexibility index (Phi) is 2.51. The molecule has 1 saturated heterocycles. The summed E-state index contributed by atoms with van der Waals surface area (Å²) in [5.74, 6) is 1.20. The molecule has 1 fully saturated rings. The number of benzene rings is 1. The van der Waals surface area contributed by atoms with Gasteiger partial charge < -0.3 is 4.90 Å². The van der Waals surface area contributed by atoms with Crippen LogP contribution >= 0.6 is 0 Å². The number of aliphatic imine (C=N–C) groups is 1. The smallest absolute Gasteiger partial charge is 0.110 e. The molecule has 80 valence electrons. The van der Waals surface area contributed by atoms with Gasteiger partial charge in [0.2, 0.25) is 0 Å². The van der Waals surface area contributed by atoms with E-state index in [9.17, 15) is 0 Å². The van der Waals surface area contributed by atoms with Crippen LogP contribution in [0, 0.1) is 5.41 Å². The van der Waals surface area contributed by atoms with Crippen molar-refractivity contribution in [1.29, 1.82) is 0 Å². The number of para-hydroxylation sites is 1. The third-order valence-corrected chi connectivity index (χ3v) is 3.03. The number of hydrogen-bond donors (Lipinski definition) is 0.